The molecular formula is C18H14Cl2N2O2. The van der Waals surface area contributed by atoms with Crippen molar-refractivity contribution in [2.24, 2.45) is 0 Å². The van der Waals surface area contributed by atoms with Crippen molar-refractivity contribution in [1.82, 2.24) is 0 Å². The molecular weight excluding hydrogens is 347 g/mol. The fraction of sp³-hybridized carbons (Fsp3) is 0.167. The van der Waals surface area contributed by atoms with Crippen molar-refractivity contribution in [2.75, 3.05) is 5.32 Å². The first kappa shape index (κ1) is 18.0. The van der Waals surface area contributed by atoms with E-state index in [0.29, 0.717) is 21.3 Å². The second-order valence-electron chi connectivity index (χ2n) is 5.14. The maximum Gasteiger partial charge on any atom is 0.224 e. The van der Waals surface area contributed by atoms with Crippen LogP contribution < -0.4 is 5.32 Å². The van der Waals surface area contributed by atoms with E-state index in [-0.39, 0.29) is 24.5 Å². The number of ketones is 1. The SMILES string of the molecule is N#C[C@H](C(=O)CCC(=O)Nc1ccc(Cl)cc1)c1ccc(Cl)cc1. The van der Waals surface area contributed by atoms with Gasteiger partial charge in [0.05, 0.1) is 6.07 Å². The van der Waals surface area contributed by atoms with Crippen LogP contribution in [-0.2, 0) is 9.59 Å². The normalized spacial score (nSPS) is 11.4. The number of rotatable bonds is 6. The van der Waals surface area contributed by atoms with Gasteiger partial charge in [-0.2, -0.15) is 5.26 Å². The summed E-state index contributed by atoms with van der Waals surface area (Å²) >= 11 is 11.6. The van der Waals surface area contributed by atoms with Crippen LogP contribution in [0.3, 0.4) is 0 Å². The lowest BCUT2D eigenvalue weighted by molar-refractivity contribution is -0.123. The average molecular weight is 361 g/mol. The van der Waals surface area contributed by atoms with Crippen molar-refractivity contribution in [3.05, 3.63) is 64.1 Å². The molecule has 0 aliphatic carbocycles. The van der Waals surface area contributed by atoms with Crippen molar-refractivity contribution < 1.29 is 9.59 Å². The second-order valence-corrected chi connectivity index (χ2v) is 6.01. The lowest BCUT2D eigenvalue weighted by Crippen LogP contribution is -2.16. The number of hydrogen-bond donors (Lipinski definition) is 1. The number of nitrogens with zero attached hydrogens (tertiary/aromatic N) is 1. The zero-order valence-electron chi connectivity index (χ0n) is 12.6. The van der Waals surface area contributed by atoms with E-state index in [9.17, 15) is 14.9 Å². The van der Waals surface area contributed by atoms with Crippen LogP contribution in [0.2, 0.25) is 10.0 Å². The Morgan fingerprint density at radius 1 is 0.958 bits per heavy atom. The molecule has 122 valence electrons. The van der Waals surface area contributed by atoms with Gasteiger partial charge in [0, 0.05) is 28.6 Å². The molecule has 1 N–H and O–H groups in total. The number of nitriles is 1. The third-order valence-corrected chi connectivity index (χ3v) is 3.88. The van der Waals surface area contributed by atoms with Crippen molar-refractivity contribution in [3.8, 4) is 6.07 Å². The van der Waals surface area contributed by atoms with Crippen LogP contribution in [0.4, 0.5) is 5.69 Å². The number of hydrogen-bond acceptors (Lipinski definition) is 3. The highest BCUT2D eigenvalue weighted by Crippen LogP contribution is 2.21. The number of halogens is 2. The fourth-order valence-electron chi connectivity index (χ4n) is 2.13. The van der Waals surface area contributed by atoms with Crippen LogP contribution in [0, 0.1) is 11.3 Å². The zero-order chi connectivity index (χ0) is 17.5. The van der Waals surface area contributed by atoms with Crippen molar-refractivity contribution in [3.63, 3.8) is 0 Å². The van der Waals surface area contributed by atoms with E-state index in [1.54, 1.807) is 48.5 Å². The standard InChI is InChI=1S/C18H14Cl2N2O2/c19-13-3-1-12(2-4-13)16(11-21)17(23)9-10-18(24)22-15-7-5-14(20)6-8-15/h1-8,16H,9-10H2,(H,22,24)/t16-/m0/s1. The molecule has 4 nitrogen and oxygen atoms in total. The summed E-state index contributed by atoms with van der Waals surface area (Å²) < 4.78 is 0. The van der Waals surface area contributed by atoms with Gasteiger partial charge in [-0.15, -0.1) is 0 Å². The Morgan fingerprint density at radius 2 is 1.50 bits per heavy atom. The summed E-state index contributed by atoms with van der Waals surface area (Å²) in [5.41, 5.74) is 1.18. The molecule has 0 aliphatic heterocycles. The number of amides is 1. The zero-order valence-corrected chi connectivity index (χ0v) is 14.1. The van der Waals surface area contributed by atoms with Gasteiger partial charge in [0.1, 0.15) is 5.92 Å². The summed E-state index contributed by atoms with van der Waals surface area (Å²) in [5, 5.41) is 13.0. The molecule has 1 amide bonds. The number of anilines is 1. The summed E-state index contributed by atoms with van der Waals surface area (Å²) in [6.07, 6.45) is -0.00644. The molecule has 0 aliphatic rings. The first-order chi connectivity index (χ1) is 11.5. The Bertz CT molecular complexity index is 765. The minimum Gasteiger partial charge on any atom is -0.326 e. The van der Waals surface area contributed by atoms with Crippen LogP contribution in [0.1, 0.15) is 24.3 Å². The molecule has 1 atom stereocenters. The predicted octanol–water partition coefficient (Wildman–Crippen LogP) is 4.59. The number of benzene rings is 2. The summed E-state index contributed by atoms with van der Waals surface area (Å²) in [4.78, 5) is 24.1. The molecule has 0 radical (unpaired) electrons. The minimum absolute atomic E-state index is 0.00717. The van der Waals surface area contributed by atoms with Gasteiger partial charge in [-0.1, -0.05) is 35.3 Å². The van der Waals surface area contributed by atoms with Gasteiger partial charge in [0.25, 0.3) is 0 Å². The highest BCUT2D eigenvalue weighted by atomic mass is 35.5. The van der Waals surface area contributed by atoms with Crippen molar-refractivity contribution in [1.29, 1.82) is 5.26 Å². The van der Waals surface area contributed by atoms with E-state index in [1.165, 1.54) is 0 Å². The van der Waals surface area contributed by atoms with E-state index in [4.69, 9.17) is 23.2 Å². The molecule has 24 heavy (non-hydrogen) atoms. The first-order valence-corrected chi connectivity index (χ1v) is 7.98. The molecule has 0 unspecified atom stereocenters. The number of carbonyl (C=O) groups is 2. The third kappa shape index (κ3) is 5.09. The van der Waals surface area contributed by atoms with Gasteiger partial charge in [0.15, 0.2) is 5.78 Å². The molecule has 2 aromatic rings. The van der Waals surface area contributed by atoms with Gasteiger partial charge < -0.3 is 5.32 Å². The summed E-state index contributed by atoms with van der Waals surface area (Å²) in [6.45, 7) is 0. The first-order valence-electron chi connectivity index (χ1n) is 7.23. The largest absolute Gasteiger partial charge is 0.326 e. The molecule has 0 saturated carbocycles. The van der Waals surface area contributed by atoms with E-state index < -0.39 is 5.92 Å². The lowest BCUT2D eigenvalue weighted by atomic mass is 9.93. The van der Waals surface area contributed by atoms with Crippen LogP contribution in [0.5, 0.6) is 0 Å². The maximum atomic E-state index is 12.2. The third-order valence-electron chi connectivity index (χ3n) is 3.38. The second kappa shape index (κ2) is 8.49. The van der Waals surface area contributed by atoms with E-state index in [0.717, 1.165) is 0 Å². The molecule has 0 aromatic heterocycles. The molecule has 2 aromatic carbocycles. The fourth-order valence-corrected chi connectivity index (χ4v) is 2.38. The minimum atomic E-state index is -0.898. The van der Waals surface area contributed by atoms with Gasteiger partial charge in [-0.3, -0.25) is 9.59 Å². The summed E-state index contributed by atoms with van der Waals surface area (Å²) in [5.74, 6) is -1.49. The predicted molar refractivity (Wildman–Crippen MR) is 94.1 cm³/mol. The van der Waals surface area contributed by atoms with E-state index in [2.05, 4.69) is 5.32 Å². The molecule has 0 fully saturated rings. The number of nitrogens with one attached hydrogen (secondary N) is 1. The summed E-state index contributed by atoms with van der Waals surface area (Å²) in [6, 6.07) is 15.2. The smallest absolute Gasteiger partial charge is 0.224 e. The van der Waals surface area contributed by atoms with Crippen molar-refractivity contribution >= 4 is 40.6 Å². The number of carbonyl (C=O) groups excluding carboxylic acids is 2. The Kier molecular flexibility index (Phi) is 6.36. The van der Waals surface area contributed by atoms with Gasteiger partial charge in [-0.25, -0.2) is 0 Å². The van der Waals surface area contributed by atoms with E-state index in [1.807, 2.05) is 6.07 Å². The Morgan fingerprint density at radius 3 is 2.04 bits per heavy atom. The molecule has 0 saturated heterocycles. The summed E-state index contributed by atoms with van der Waals surface area (Å²) in [7, 11) is 0. The lowest BCUT2D eigenvalue weighted by Gasteiger charge is -2.09. The highest BCUT2D eigenvalue weighted by Gasteiger charge is 2.20. The van der Waals surface area contributed by atoms with Crippen LogP contribution in [0.15, 0.2) is 48.5 Å². The van der Waals surface area contributed by atoms with Gasteiger partial charge in [0.2, 0.25) is 5.91 Å². The van der Waals surface area contributed by atoms with Crippen LogP contribution in [-0.4, -0.2) is 11.7 Å². The Hall–Kier alpha value is -2.35. The van der Waals surface area contributed by atoms with Gasteiger partial charge in [-0.05, 0) is 42.0 Å². The molecule has 0 heterocycles. The highest BCUT2D eigenvalue weighted by molar-refractivity contribution is 6.30. The molecule has 0 bridgehead atoms. The number of Topliss-reactive ketones (excluding diaryl/α,β-unsaturated/α-hetero) is 1. The van der Waals surface area contributed by atoms with Crippen LogP contribution >= 0.6 is 23.2 Å². The van der Waals surface area contributed by atoms with Crippen LogP contribution in [0.25, 0.3) is 0 Å². The molecule has 6 heteroatoms. The Balaban J connectivity index is 1.91. The van der Waals surface area contributed by atoms with Gasteiger partial charge >= 0.3 is 0 Å². The topological polar surface area (TPSA) is 70.0 Å². The quantitative estimate of drug-likeness (QED) is 0.818. The monoisotopic (exact) mass is 360 g/mol. The average Bonchev–Trinajstić information content (AvgIpc) is 2.57. The van der Waals surface area contributed by atoms with Crippen molar-refractivity contribution in [2.45, 2.75) is 18.8 Å². The Labute approximate surface area is 150 Å². The van der Waals surface area contributed by atoms with E-state index >= 15 is 0 Å². The molecule has 2 rings (SSSR count). The maximum absolute atomic E-state index is 12.2. The molecule has 0 spiro atoms.